The summed E-state index contributed by atoms with van der Waals surface area (Å²) in [5, 5.41) is 3.02. The number of hydrogen-bond donors (Lipinski definition) is 2. The van der Waals surface area contributed by atoms with Crippen molar-refractivity contribution >= 4 is 5.91 Å². The van der Waals surface area contributed by atoms with Crippen molar-refractivity contribution in [3.05, 3.63) is 0 Å². The summed E-state index contributed by atoms with van der Waals surface area (Å²) < 4.78 is 0. The first-order valence-electron chi connectivity index (χ1n) is 7.46. The first-order valence-corrected chi connectivity index (χ1v) is 7.46. The lowest BCUT2D eigenvalue weighted by Gasteiger charge is -2.39. The van der Waals surface area contributed by atoms with Crippen LogP contribution in [0.2, 0.25) is 0 Å². The van der Waals surface area contributed by atoms with Gasteiger partial charge in [-0.2, -0.15) is 0 Å². The quantitative estimate of drug-likeness (QED) is 0.815. The lowest BCUT2D eigenvalue weighted by molar-refractivity contribution is -0.124. The first kappa shape index (κ1) is 16.4. The third-order valence-corrected chi connectivity index (χ3v) is 3.62. The monoisotopic (exact) mass is 269 g/mol. The van der Waals surface area contributed by atoms with Crippen LogP contribution in [0.15, 0.2) is 0 Å². The van der Waals surface area contributed by atoms with Gasteiger partial charge >= 0.3 is 0 Å². The van der Waals surface area contributed by atoms with Gasteiger partial charge < -0.3 is 11.1 Å². The lowest BCUT2D eigenvalue weighted by Crippen LogP contribution is -2.51. The number of nitrogens with zero attached hydrogens (tertiary/aromatic N) is 1. The van der Waals surface area contributed by atoms with Crippen molar-refractivity contribution in [1.29, 1.82) is 0 Å². The van der Waals surface area contributed by atoms with Gasteiger partial charge in [-0.05, 0) is 39.0 Å². The van der Waals surface area contributed by atoms with Crippen LogP contribution in [0, 0.1) is 11.8 Å². The Bertz CT molecular complexity index is 288. The number of likely N-dealkylation sites (tertiary alicyclic amines) is 1. The van der Waals surface area contributed by atoms with Crippen LogP contribution in [0.5, 0.6) is 0 Å². The molecule has 4 nitrogen and oxygen atoms in total. The Morgan fingerprint density at radius 1 is 1.32 bits per heavy atom. The molecule has 3 N–H and O–H groups in total. The van der Waals surface area contributed by atoms with Crippen molar-refractivity contribution in [2.45, 2.75) is 59.0 Å². The van der Waals surface area contributed by atoms with Crippen molar-refractivity contribution in [3.63, 3.8) is 0 Å². The molecule has 0 aliphatic carbocycles. The van der Waals surface area contributed by atoms with Gasteiger partial charge in [0.15, 0.2) is 0 Å². The molecule has 0 aromatic carbocycles. The van der Waals surface area contributed by atoms with Crippen molar-refractivity contribution in [2.24, 2.45) is 17.6 Å². The van der Waals surface area contributed by atoms with Crippen LogP contribution in [-0.4, -0.2) is 42.0 Å². The maximum atomic E-state index is 12.0. The normalized spacial score (nSPS) is 27.1. The maximum absolute atomic E-state index is 12.0. The van der Waals surface area contributed by atoms with E-state index in [-0.39, 0.29) is 17.5 Å². The average Bonchev–Trinajstić information content (AvgIpc) is 2.21. The second kappa shape index (κ2) is 6.71. The van der Waals surface area contributed by atoms with Crippen LogP contribution < -0.4 is 11.1 Å². The predicted molar refractivity (Wildman–Crippen MR) is 79.9 cm³/mol. The van der Waals surface area contributed by atoms with Crippen molar-refractivity contribution < 1.29 is 4.79 Å². The number of piperidine rings is 1. The molecule has 4 heteroatoms. The minimum Gasteiger partial charge on any atom is -0.351 e. The van der Waals surface area contributed by atoms with Crippen LogP contribution in [0.1, 0.15) is 47.5 Å². The molecule has 0 aromatic rings. The maximum Gasteiger partial charge on any atom is 0.222 e. The Labute approximate surface area is 118 Å². The zero-order chi connectivity index (χ0) is 14.6. The van der Waals surface area contributed by atoms with E-state index in [1.165, 1.54) is 6.42 Å². The summed E-state index contributed by atoms with van der Waals surface area (Å²) in [7, 11) is 0. The largest absolute Gasteiger partial charge is 0.351 e. The molecule has 1 heterocycles. The molecule has 1 aliphatic rings. The van der Waals surface area contributed by atoms with E-state index in [9.17, 15) is 4.79 Å². The summed E-state index contributed by atoms with van der Waals surface area (Å²) in [5.41, 5.74) is 5.72. The van der Waals surface area contributed by atoms with Crippen molar-refractivity contribution in [1.82, 2.24) is 10.2 Å². The molecule has 0 radical (unpaired) electrons. The summed E-state index contributed by atoms with van der Waals surface area (Å²) in [6.07, 6.45) is 1.79. The summed E-state index contributed by atoms with van der Waals surface area (Å²) >= 11 is 0. The zero-order valence-corrected chi connectivity index (χ0v) is 13.2. The topological polar surface area (TPSA) is 58.4 Å². The number of hydrogen-bond acceptors (Lipinski definition) is 3. The number of carbonyl (C=O) groups excluding carboxylic acids is 1. The Balaban J connectivity index is 2.55. The highest BCUT2D eigenvalue weighted by Gasteiger charge is 2.28. The van der Waals surface area contributed by atoms with E-state index >= 15 is 0 Å². The number of carbonyl (C=O) groups is 1. The second-order valence-corrected chi connectivity index (χ2v) is 7.29. The van der Waals surface area contributed by atoms with E-state index in [1.807, 2.05) is 20.8 Å². The molecule has 1 saturated heterocycles. The van der Waals surface area contributed by atoms with Gasteiger partial charge in [-0.3, -0.25) is 9.69 Å². The zero-order valence-electron chi connectivity index (χ0n) is 13.2. The van der Waals surface area contributed by atoms with Crippen LogP contribution in [0.4, 0.5) is 0 Å². The van der Waals surface area contributed by atoms with Gasteiger partial charge in [-0.15, -0.1) is 0 Å². The van der Waals surface area contributed by atoms with E-state index in [4.69, 9.17) is 5.73 Å². The third-order valence-electron chi connectivity index (χ3n) is 3.62. The van der Waals surface area contributed by atoms with Gasteiger partial charge in [-0.25, -0.2) is 0 Å². The van der Waals surface area contributed by atoms with Crippen LogP contribution in [0.3, 0.4) is 0 Å². The minimum atomic E-state index is -0.168. The second-order valence-electron chi connectivity index (χ2n) is 7.29. The molecule has 0 spiro atoms. The van der Waals surface area contributed by atoms with Gasteiger partial charge in [0.2, 0.25) is 5.91 Å². The Hall–Kier alpha value is -0.610. The van der Waals surface area contributed by atoms with Gasteiger partial charge in [0, 0.05) is 37.6 Å². The first-order chi connectivity index (χ1) is 8.71. The Morgan fingerprint density at radius 3 is 2.26 bits per heavy atom. The fourth-order valence-corrected chi connectivity index (χ4v) is 3.05. The molecular formula is C15H31N3O. The number of nitrogens with two attached hydrogens (primary N) is 1. The van der Waals surface area contributed by atoms with Gasteiger partial charge in [0.25, 0.3) is 0 Å². The van der Waals surface area contributed by atoms with Gasteiger partial charge in [-0.1, -0.05) is 13.8 Å². The summed E-state index contributed by atoms with van der Waals surface area (Å²) in [4.78, 5) is 14.4. The number of amides is 1. The summed E-state index contributed by atoms with van der Waals surface area (Å²) in [6.45, 7) is 13.3. The van der Waals surface area contributed by atoms with Gasteiger partial charge in [0.05, 0.1) is 0 Å². The molecule has 112 valence electrons. The minimum absolute atomic E-state index is 0.105. The van der Waals surface area contributed by atoms with Crippen molar-refractivity contribution in [3.8, 4) is 0 Å². The Kier molecular flexibility index (Phi) is 5.81. The van der Waals surface area contributed by atoms with E-state index in [0.717, 1.165) is 13.1 Å². The van der Waals surface area contributed by atoms with Gasteiger partial charge in [0.1, 0.15) is 0 Å². The molecule has 0 aromatic heterocycles. The number of rotatable bonds is 4. The number of nitrogens with one attached hydrogen (secondary N) is 1. The molecule has 0 saturated carbocycles. The SMILES string of the molecule is CC1CC(C)CN(C(CN)CC(=O)NC(C)(C)C)C1. The van der Waals surface area contributed by atoms with Crippen LogP contribution in [0.25, 0.3) is 0 Å². The molecular weight excluding hydrogens is 238 g/mol. The third kappa shape index (κ3) is 5.91. The van der Waals surface area contributed by atoms with E-state index in [1.54, 1.807) is 0 Å². The highest BCUT2D eigenvalue weighted by atomic mass is 16.1. The van der Waals surface area contributed by atoms with E-state index < -0.39 is 0 Å². The molecule has 0 bridgehead atoms. The molecule has 1 amide bonds. The smallest absolute Gasteiger partial charge is 0.222 e. The Morgan fingerprint density at radius 2 is 1.84 bits per heavy atom. The van der Waals surface area contributed by atoms with Crippen LogP contribution in [-0.2, 0) is 4.79 Å². The average molecular weight is 269 g/mol. The summed E-state index contributed by atoms with van der Waals surface area (Å²) in [5.74, 6) is 1.50. The fourth-order valence-electron chi connectivity index (χ4n) is 3.05. The summed E-state index contributed by atoms with van der Waals surface area (Å²) in [6, 6.07) is 0.174. The molecule has 19 heavy (non-hydrogen) atoms. The molecule has 1 aliphatic heterocycles. The molecule has 1 fully saturated rings. The van der Waals surface area contributed by atoms with Crippen LogP contribution >= 0.6 is 0 Å². The van der Waals surface area contributed by atoms with E-state index in [2.05, 4.69) is 24.1 Å². The highest BCUT2D eigenvalue weighted by molar-refractivity contribution is 5.77. The predicted octanol–water partition coefficient (Wildman–Crippen LogP) is 1.60. The van der Waals surface area contributed by atoms with Crippen molar-refractivity contribution in [2.75, 3.05) is 19.6 Å². The molecule has 3 unspecified atom stereocenters. The lowest BCUT2D eigenvalue weighted by atomic mass is 9.90. The highest BCUT2D eigenvalue weighted by Crippen LogP contribution is 2.23. The molecule has 1 rings (SSSR count). The van der Waals surface area contributed by atoms with E-state index in [0.29, 0.717) is 24.8 Å². The standard InChI is InChI=1S/C15H31N3O/c1-11-6-12(2)10-18(9-11)13(8-16)7-14(19)17-15(3,4)5/h11-13H,6-10,16H2,1-5H3,(H,17,19). The molecule has 3 atom stereocenters. The fraction of sp³-hybridized carbons (Fsp3) is 0.933.